The lowest BCUT2D eigenvalue weighted by molar-refractivity contribution is -0.157. The van der Waals surface area contributed by atoms with Crippen LogP contribution in [0.15, 0.2) is 21.3 Å². The number of alkyl halides is 3. The van der Waals surface area contributed by atoms with Gasteiger partial charge >= 0.3 is 12.1 Å². The van der Waals surface area contributed by atoms with Crippen LogP contribution >= 0.6 is 0 Å². The SMILES string of the molecule is CC(C)(C)c1ccc(=O)n(CC2CN(Cc3nnc(C(F)(F)F)o3)C2)n1. The van der Waals surface area contributed by atoms with E-state index in [0.717, 1.165) is 5.69 Å². The first-order valence-electron chi connectivity index (χ1n) is 8.23. The van der Waals surface area contributed by atoms with Crippen molar-refractivity contribution in [3.63, 3.8) is 0 Å². The summed E-state index contributed by atoms with van der Waals surface area (Å²) >= 11 is 0. The lowest BCUT2D eigenvalue weighted by Gasteiger charge is -2.38. The summed E-state index contributed by atoms with van der Waals surface area (Å²) in [7, 11) is 0. The number of rotatable bonds is 4. The van der Waals surface area contributed by atoms with Crippen molar-refractivity contribution in [2.24, 2.45) is 5.92 Å². The summed E-state index contributed by atoms with van der Waals surface area (Å²) in [4.78, 5) is 13.9. The quantitative estimate of drug-likeness (QED) is 0.819. The molecule has 0 aliphatic carbocycles. The third-order valence-electron chi connectivity index (χ3n) is 4.17. The number of hydrogen-bond donors (Lipinski definition) is 0. The van der Waals surface area contributed by atoms with Crippen molar-refractivity contribution in [2.45, 2.75) is 45.5 Å². The van der Waals surface area contributed by atoms with Gasteiger partial charge in [-0.1, -0.05) is 20.8 Å². The van der Waals surface area contributed by atoms with Crippen LogP contribution < -0.4 is 5.56 Å². The summed E-state index contributed by atoms with van der Waals surface area (Å²) in [5, 5.41) is 10.9. The van der Waals surface area contributed by atoms with Gasteiger partial charge in [0.15, 0.2) is 0 Å². The van der Waals surface area contributed by atoms with E-state index < -0.39 is 12.1 Å². The van der Waals surface area contributed by atoms with E-state index in [1.165, 1.54) is 10.7 Å². The zero-order valence-corrected chi connectivity index (χ0v) is 14.7. The van der Waals surface area contributed by atoms with Crippen molar-refractivity contribution in [1.82, 2.24) is 24.9 Å². The van der Waals surface area contributed by atoms with Gasteiger partial charge in [0, 0.05) is 30.5 Å². The largest absolute Gasteiger partial charge is 0.470 e. The summed E-state index contributed by atoms with van der Waals surface area (Å²) in [6.45, 7) is 7.94. The van der Waals surface area contributed by atoms with Gasteiger partial charge in [0.2, 0.25) is 5.89 Å². The number of halogens is 3. The van der Waals surface area contributed by atoms with Crippen LogP contribution in [0.1, 0.15) is 38.2 Å². The molecule has 1 saturated heterocycles. The second-order valence-corrected chi connectivity index (χ2v) is 7.55. The number of aromatic nitrogens is 4. The number of likely N-dealkylation sites (tertiary alicyclic amines) is 1. The summed E-state index contributed by atoms with van der Waals surface area (Å²) in [6.07, 6.45) is -4.63. The van der Waals surface area contributed by atoms with Crippen molar-refractivity contribution in [1.29, 1.82) is 0 Å². The molecule has 0 atom stereocenters. The topological polar surface area (TPSA) is 77.0 Å². The molecule has 0 spiro atoms. The third kappa shape index (κ3) is 4.12. The zero-order valence-electron chi connectivity index (χ0n) is 14.7. The van der Waals surface area contributed by atoms with E-state index in [4.69, 9.17) is 0 Å². The highest BCUT2D eigenvalue weighted by Crippen LogP contribution is 2.28. The van der Waals surface area contributed by atoms with Crippen molar-refractivity contribution >= 4 is 0 Å². The predicted molar refractivity (Wildman–Crippen MR) is 85.3 cm³/mol. The molecule has 10 heteroatoms. The molecule has 3 heterocycles. The van der Waals surface area contributed by atoms with Gasteiger partial charge in [0.1, 0.15) is 0 Å². The van der Waals surface area contributed by atoms with Crippen LogP contribution in [-0.2, 0) is 24.7 Å². The number of nitrogens with zero attached hydrogens (tertiary/aromatic N) is 5. The van der Waals surface area contributed by atoms with Gasteiger partial charge in [-0.05, 0) is 6.07 Å². The van der Waals surface area contributed by atoms with Crippen molar-refractivity contribution in [3.05, 3.63) is 40.0 Å². The molecule has 1 fully saturated rings. The Hall–Kier alpha value is -2.23. The minimum Gasteiger partial charge on any atom is -0.416 e. The lowest BCUT2D eigenvalue weighted by atomic mass is 9.92. The van der Waals surface area contributed by atoms with Gasteiger partial charge in [0.05, 0.1) is 18.8 Å². The highest BCUT2D eigenvalue weighted by molar-refractivity contribution is 5.10. The van der Waals surface area contributed by atoms with E-state index in [9.17, 15) is 18.0 Å². The molecule has 2 aromatic heterocycles. The molecule has 2 aromatic rings. The maximum absolute atomic E-state index is 12.4. The van der Waals surface area contributed by atoms with Crippen molar-refractivity contribution in [3.8, 4) is 0 Å². The highest BCUT2D eigenvalue weighted by atomic mass is 19.4. The van der Waals surface area contributed by atoms with Crippen LogP contribution in [0, 0.1) is 5.92 Å². The normalized spacial score (nSPS) is 16.7. The number of hydrogen-bond acceptors (Lipinski definition) is 6. The molecule has 0 radical (unpaired) electrons. The standard InChI is InChI=1S/C16H20F3N5O2/c1-15(2,3)11-4-5-13(25)24(22-11)8-10-6-23(7-10)9-12-20-21-14(26-12)16(17,18)19/h4-5,10H,6-9H2,1-3H3. The van der Waals surface area contributed by atoms with E-state index >= 15 is 0 Å². The summed E-state index contributed by atoms with van der Waals surface area (Å²) in [5.41, 5.74) is 0.511. The second-order valence-electron chi connectivity index (χ2n) is 7.55. The van der Waals surface area contributed by atoms with Gasteiger partial charge in [-0.15, -0.1) is 10.2 Å². The fourth-order valence-corrected chi connectivity index (χ4v) is 2.77. The van der Waals surface area contributed by atoms with Gasteiger partial charge < -0.3 is 4.42 Å². The van der Waals surface area contributed by atoms with Gasteiger partial charge in [-0.2, -0.15) is 18.3 Å². The summed E-state index contributed by atoms with van der Waals surface area (Å²) in [6, 6.07) is 3.25. The first-order valence-corrected chi connectivity index (χ1v) is 8.23. The lowest BCUT2D eigenvalue weighted by Crippen LogP contribution is -2.49. The first-order chi connectivity index (χ1) is 12.0. The van der Waals surface area contributed by atoms with E-state index in [0.29, 0.717) is 19.6 Å². The fourth-order valence-electron chi connectivity index (χ4n) is 2.77. The van der Waals surface area contributed by atoms with Crippen LogP contribution in [0.2, 0.25) is 0 Å². The minimum atomic E-state index is -4.63. The van der Waals surface area contributed by atoms with E-state index in [2.05, 4.69) is 19.7 Å². The van der Waals surface area contributed by atoms with Gasteiger partial charge in [-0.3, -0.25) is 9.69 Å². The van der Waals surface area contributed by atoms with Crippen molar-refractivity contribution in [2.75, 3.05) is 13.1 Å². The Kier molecular flexibility index (Phi) is 4.63. The van der Waals surface area contributed by atoms with Crippen LogP contribution in [0.25, 0.3) is 0 Å². The molecule has 0 unspecified atom stereocenters. The van der Waals surface area contributed by atoms with E-state index in [1.807, 2.05) is 25.7 Å². The summed E-state index contributed by atoms with van der Waals surface area (Å²) < 4.78 is 43.4. The molecule has 26 heavy (non-hydrogen) atoms. The van der Waals surface area contributed by atoms with Crippen LogP contribution in [0.3, 0.4) is 0 Å². The van der Waals surface area contributed by atoms with E-state index in [1.54, 1.807) is 6.07 Å². The fraction of sp³-hybridized carbons (Fsp3) is 0.625. The van der Waals surface area contributed by atoms with Crippen LogP contribution in [0.4, 0.5) is 13.2 Å². The smallest absolute Gasteiger partial charge is 0.416 e. The predicted octanol–water partition coefficient (Wildman–Crippen LogP) is 2.07. The molecule has 142 valence electrons. The van der Waals surface area contributed by atoms with Crippen LogP contribution in [-0.4, -0.2) is 38.0 Å². The Morgan fingerprint density at radius 2 is 1.88 bits per heavy atom. The van der Waals surface area contributed by atoms with Crippen LogP contribution in [0.5, 0.6) is 0 Å². The molecule has 1 aliphatic rings. The molecule has 1 aliphatic heterocycles. The minimum absolute atomic E-state index is 0.0687. The maximum Gasteiger partial charge on any atom is 0.470 e. The Morgan fingerprint density at radius 3 is 2.46 bits per heavy atom. The first kappa shape index (κ1) is 18.6. The maximum atomic E-state index is 12.4. The average molecular weight is 371 g/mol. The molecule has 0 saturated carbocycles. The second kappa shape index (κ2) is 6.49. The van der Waals surface area contributed by atoms with Crippen molar-refractivity contribution < 1.29 is 17.6 Å². The molecule has 0 amide bonds. The summed E-state index contributed by atoms with van der Waals surface area (Å²) in [5.74, 6) is -1.21. The Morgan fingerprint density at radius 1 is 1.19 bits per heavy atom. The van der Waals surface area contributed by atoms with Gasteiger partial charge in [-0.25, -0.2) is 4.68 Å². The average Bonchev–Trinajstić information content (AvgIpc) is 2.94. The molecule has 7 nitrogen and oxygen atoms in total. The molecule has 0 N–H and O–H groups in total. The highest BCUT2D eigenvalue weighted by Gasteiger charge is 2.38. The molecule has 3 rings (SSSR count). The van der Waals surface area contributed by atoms with E-state index in [-0.39, 0.29) is 29.3 Å². The molecular weight excluding hydrogens is 351 g/mol. The molecule has 0 aromatic carbocycles. The molecular formula is C16H20F3N5O2. The Balaban J connectivity index is 1.56. The Labute approximate surface area is 147 Å². The Bertz CT molecular complexity index is 831. The monoisotopic (exact) mass is 371 g/mol. The zero-order chi connectivity index (χ0) is 19.1. The van der Waals surface area contributed by atoms with Gasteiger partial charge in [0.25, 0.3) is 5.56 Å². The third-order valence-corrected chi connectivity index (χ3v) is 4.17. The molecule has 0 bridgehead atoms.